The molecule has 1 saturated carbocycles. The van der Waals surface area contributed by atoms with Crippen molar-refractivity contribution in [2.45, 2.75) is 45.1 Å². The largest absolute Gasteiger partial charge is 0.382 e. The number of aromatic nitrogens is 1. The van der Waals surface area contributed by atoms with Gasteiger partial charge in [-0.05, 0) is 43.7 Å². The Hall–Kier alpha value is -1.47. The molecule has 4 heteroatoms. The molecule has 3 nitrogen and oxygen atoms in total. The normalized spacial score (nSPS) is 29.7. The molecular weight excluding hydrogens is 243 g/mol. The second-order valence-corrected chi connectivity index (χ2v) is 5.62. The van der Waals surface area contributed by atoms with Gasteiger partial charge in [-0.1, -0.05) is 13.8 Å². The van der Waals surface area contributed by atoms with Gasteiger partial charge in [-0.2, -0.15) is 5.26 Å². The summed E-state index contributed by atoms with van der Waals surface area (Å²) in [6.45, 7) is 3.93. The first-order chi connectivity index (χ1) is 8.97. The second-order valence-electron chi connectivity index (χ2n) is 5.62. The van der Waals surface area contributed by atoms with E-state index in [1.807, 2.05) is 6.92 Å². The Bertz CT molecular complexity index is 496. The number of halogens is 1. The Labute approximate surface area is 113 Å². The molecule has 0 bridgehead atoms. The van der Waals surface area contributed by atoms with Crippen LogP contribution in [-0.2, 0) is 5.60 Å². The minimum absolute atomic E-state index is 0.395. The van der Waals surface area contributed by atoms with E-state index in [1.165, 1.54) is 12.1 Å². The maximum atomic E-state index is 13.0. The molecule has 1 aliphatic rings. The molecule has 1 N–H and O–H groups in total. The molecule has 0 amide bonds. The third kappa shape index (κ3) is 2.12. The van der Waals surface area contributed by atoms with Gasteiger partial charge in [0.1, 0.15) is 11.4 Å². The number of nitrogens with zero attached hydrogens (tertiary/aromatic N) is 2. The van der Waals surface area contributed by atoms with E-state index in [1.54, 1.807) is 0 Å². The topological polar surface area (TPSA) is 56.9 Å². The maximum Gasteiger partial charge on any atom is 0.141 e. The Kier molecular flexibility index (Phi) is 3.60. The number of hydrogen-bond donors (Lipinski definition) is 1. The fourth-order valence-corrected chi connectivity index (χ4v) is 3.25. The van der Waals surface area contributed by atoms with Crippen LogP contribution in [0, 0.1) is 28.5 Å². The van der Waals surface area contributed by atoms with Gasteiger partial charge < -0.3 is 5.11 Å². The summed E-state index contributed by atoms with van der Waals surface area (Å²) in [5.74, 6) is -0.0221. The summed E-state index contributed by atoms with van der Waals surface area (Å²) in [5.41, 5.74) is -1.72. The number of nitriles is 1. The smallest absolute Gasteiger partial charge is 0.141 e. The van der Waals surface area contributed by atoms with Crippen LogP contribution in [0.25, 0.3) is 0 Å². The molecule has 1 aliphatic carbocycles. The Morgan fingerprint density at radius 1 is 1.63 bits per heavy atom. The van der Waals surface area contributed by atoms with E-state index in [2.05, 4.69) is 18.0 Å². The van der Waals surface area contributed by atoms with Crippen molar-refractivity contribution < 1.29 is 9.50 Å². The Morgan fingerprint density at radius 3 is 2.79 bits per heavy atom. The van der Waals surface area contributed by atoms with Crippen LogP contribution >= 0.6 is 0 Å². The molecule has 2 rings (SSSR count). The lowest BCUT2D eigenvalue weighted by molar-refractivity contribution is -0.0678. The zero-order chi connectivity index (χ0) is 14.1. The minimum atomic E-state index is -1.31. The highest BCUT2D eigenvalue weighted by Crippen LogP contribution is 2.53. The third-order valence-corrected chi connectivity index (χ3v) is 4.43. The van der Waals surface area contributed by atoms with Gasteiger partial charge >= 0.3 is 0 Å². The van der Waals surface area contributed by atoms with Gasteiger partial charge in [0.05, 0.1) is 23.4 Å². The predicted molar refractivity (Wildman–Crippen MR) is 69.4 cm³/mol. The highest BCUT2D eigenvalue weighted by atomic mass is 19.1. The molecule has 1 aromatic heterocycles. The molecule has 1 fully saturated rings. The summed E-state index contributed by atoms with van der Waals surface area (Å²) in [5, 5.41) is 20.6. The first kappa shape index (κ1) is 14.0. The fraction of sp³-hybridized carbons (Fsp3) is 0.600. The predicted octanol–water partition coefficient (Wildman–Crippen LogP) is 3.15. The Balaban J connectivity index is 2.47. The minimum Gasteiger partial charge on any atom is -0.382 e. The van der Waals surface area contributed by atoms with Crippen LogP contribution in [0.5, 0.6) is 0 Å². The van der Waals surface area contributed by atoms with Crippen molar-refractivity contribution in [3.63, 3.8) is 0 Å². The average Bonchev–Trinajstić information content (AvgIpc) is 2.82. The lowest BCUT2D eigenvalue weighted by Crippen LogP contribution is -2.43. The van der Waals surface area contributed by atoms with Crippen LogP contribution in [0.15, 0.2) is 18.3 Å². The van der Waals surface area contributed by atoms with Gasteiger partial charge in [0.25, 0.3) is 0 Å². The van der Waals surface area contributed by atoms with Crippen LogP contribution in [-0.4, -0.2) is 10.1 Å². The number of rotatable bonds is 3. The van der Waals surface area contributed by atoms with Crippen molar-refractivity contribution in [3.05, 3.63) is 29.8 Å². The maximum absolute atomic E-state index is 13.0. The zero-order valence-corrected chi connectivity index (χ0v) is 11.4. The van der Waals surface area contributed by atoms with Gasteiger partial charge in [-0.3, -0.25) is 4.98 Å². The summed E-state index contributed by atoms with van der Waals surface area (Å²) in [6.07, 6.45) is 3.74. The second kappa shape index (κ2) is 4.90. The monoisotopic (exact) mass is 262 g/mol. The van der Waals surface area contributed by atoms with Crippen molar-refractivity contribution >= 4 is 0 Å². The summed E-state index contributed by atoms with van der Waals surface area (Å²) in [7, 11) is 0. The van der Waals surface area contributed by atoms with Gasteiger partial charge in [0.15, 0.2) is 0 Å². The lowest BCUT2D eigenvalue weighted by atomic mass is 9.67. The van der Waals surface area contributed by atoms with Gasteiger partial charge in [-0.15, -0.1) is 0 Å². The van der Waals surface area contributed by atoms with E-state index in [0.717, 1.165) is 12.6 Å². The number of hydrogen-bond acceptors (Lipinski definition) is 3. The first-order valence-corrected chi connectivity index (χ1v) is 6.73. The molecule has 1 heterocycles. The van der Waals surface area contributed by atoms with E-state index >= 15 is 0 Å². The van der Waals surface area contributed by atoms with Crippen LogP contribution in [0.4, 0.5) is 4.39 Å². The van der Waals surface area contributed by atoms with Gasteiger partial charge in [0.2, 0.25) is 0 Å². The van der Waals surface area contributed by atoms with Crippen molar-refractivity contribution in [3.8, 4) is 6.07 Å². The molecular formula is C15H19FN2O. The number of pyridine rings is 1. The van der Waals surface area contributed by atoms with Crippen molar-refractivity contribution in [2.24, 2.45) is 11.3 Å². The third-order valence-electron chi connectivity index (χ3n) is 4.43. The molecule has 0 saturated heterocycles. The van der Waals surface area contributed by atoms with Crippen LogP contribution in [0.3, 0.4) is 0 Å². The highest BCUT2D eigenvalue weighted by molar-refractivity contribution is 5.25. The number of aliphatic hydroxyl groups is 1. The molecule has 3 atom stereocenters. The standard InChI is InChI=1S/C15H19FN2O/c1-3-15(19,13-5-4-12(16)9-18-13)14(10-17)7-6-11(2)8-14/h4-5,9,11,19H,3,6-8H2,1-2H3. The highest BCUT2D eigenvalue weighted by Gasteiger charge is 2.54. The van der Waals surface area contributed by atoms with Crippen molar-refractivity contribution in [1.82, 2.24) is 4.98 Å². The van der Waals surface area contributed by atoms with Gasteiger partial charge in [-0.25, -0.2) is 4.39 Å². The molecule has 0 radical (unpaired) electrons. The van der Waals surface area contributed by atoms with Crippen LogP contribution < -0.4 is 0 Å². The molecule has 19 heavy (non-hydrogen) atoms. The molecule has 0 aromatic carbocycles. The SMILES string of the molecule is CCC(O)(c1ccc(F)cn1)C1(C#N)CCC(C)C1. The summed E-state index contributed by atoms with van der Waals surface area (Å²) in [6, 6.07) is 5.10. The van der Waals surface area contributed by atoms with Crippen molar-refractivity contribution in [2.75, 3.05) is 0 Å². The molecule has 102 valence electrons. The van der Waals surface area contributed by atoms with E-state index in [0.29, 0.717) is 30.9 Å². The molecule has 0 aliphatic heterocycles. The quantitative estimate of drug-likeness (QED) is 0.910. The van der Waals surface area contributed by atoms with Gasteiger partial charge in [0, 0.05) is 0 Å². The first-order valence-electron chi connectivity index (χ1n) is 6.73. The van der Waals surface area contributed by atoms with Crippen LogP contribution in [0.2, 0.25) is 0 Å². The summed E-state index contributed by atoms with van der Waals surface area (Å²) < 4.78 is 13.0. The van der Waals surface area contributed by atoms with E-state index in [9.17, 15) is 14.8 Å². The van der Waals surface area contributed by atoms with E-state index in [-0.39, 0.29) is 0 Å². The summed E-state index contributed by atoms with van der Waals surface area (Å²) >= 11 is 0. The molecule has 3 unspecified atom stereocenters. The van der Waals surface area contributed by atoms with Crippen molar-refractivity contribution in [1.29, 1.82) is 5.26 Å². The molecule has 0 spiro atoms. The van der Waals surface area contributed by atoms with E-state index in [4.69, 9.17) is 0 Å². The molecule has 1 aromatic rings. The Morgan fingerprint density at radius 2 is 2.37 bits per heavy atom. The fourth-order valence-electron chi connectivity index (χ4n) is 3.25. The summed E-state index contributed by atoms with van der Waals surface area (Å²) in [4.78, 5) is 4.01. The average molecular weight is 262 g/mol. The van der Waals surface area contributed by atoms with Crippen LogP contribution in [0.1, 0.15) is 45.2 Å². The van der Waals surface area contributed by atoms with E-state index < -0.39 is 16.8 Å². The lowest BCUT2D eigenvalue weighted by Gasteiger charge is -2.39. The zero-order valence-electron chi connectivity index (χ0n) is 11.4.